The molecule has 0 saturated heterocycles. The summed E-state index contributed by atoms with van der Waals surface area (Å²) in [6, 6.07) is 0. The first-order valence-electron chi connectivity index (χ1n) is 2.72. The Morgan fingerprint density at radius 1 is 1.78 bits per heavy atom. The number of carbonyl (C=O) groups excluding carboxylic acids is 1. The first-order chi connectivity index (χ1) is 4.20. The summed E-state index contributed by atoms with van der Waals surface area (Å²) in [6.07, 6.45) is 1.08. The number of aliphatic hydroxyl groups excluding tert-OH is 1. The van der Waals surface area contributed by atoms with Gasteiger partial charge < -0.3 is 9.84 Å². The van der Waals surface area contributed by atoms with Crippen molar-refractivity contribution < 1.29 is 14.6 Å². The van der Waals surface area contributed by atoms with Gasteiger partial charge in [-0.1, -0.05) is 6.92 Å². The van der Waals surface area contributed by atoms with E-state index in [1.807, 2.05) is 0 Å². The Labute approximate surface area is 53.9 Å². The van der Waals surface area contributed by atoms with Crippen LogP contribution in [0, 0.1) is 0 Å². The van der Waals surface area contributed by atoms with E-state index in [-0.39, 0.29) is 11.7 Å². The molecule has 3 nitrogen and oxygen atoms in total. The fraction of sp³-hybridized carbons (Fsp3) is 0.500. The molecule has 0 amide bonds. The highest BCUT2D eigenvalue weighted by molar-refractivity contribution is 5.69. The molecule has 1 N–H and O–H groups in total. The van der Waals surface area contributed by atoms with Crippen LogP contribution in [0.1, 0.15) is 20.3 Å². The van der Waals surface area contributed by atoms with Crippen LogP contribution in [0.5, 0.6) is 0 Å². The molecule has 0 fully saturated rings. The molecule has 0 aliphatic carbocycles. The van der Waals surface area contributed by atoms with Gasteiger partial charge in [0.1, 0.15) is 12.0 Å². The Morgan fingerprint density at radius 2 is 2.33 bits per heavy atom. The predicted octanol–water partition coefficient (Wildman–Crippen LogP) is 1.36. The Kier molecular flexibility index (Phi) is 3.51. The Balaban J connectivity index is 3.60. The van der Waals surface area contributed by atoms with Gasteiger partial charge in [0.2, 0.25) is 0 Å². The highest BCUT2D eigenvalue weighted by atomic mass is 16.5. The SMILES string of the molecule is CCC(=O)O/C(C)=C\O. The number of carbonyl (C=O) groups is 1. The Bertz CT molecular complexity index is 126. The van der Waals surface area contributed by atoms with Crippen LogP contribution in [0.2, 0.25) is 0 Å². The topological polar surface area (TPSA) is 46.5 Å². The lowest BCUT2D eigenvalue weighted by molar-refractivity contribution is -0.139. The van der Waals surface area contributed by atoms with Gasteiger partial charge in [0.25, 0.3) is 0 Å². The van der Waals surface area contributed by atoms with E-state index in [0.29, 0.717) is 6.42 Å². The third kappa shape index (κ3) is 3.58. The molecule has 0 radical (unpaired) electrons. The van der Waals surface area contributed by atoms with Crippen molar-refractivity contribution in [2.45, 2.75) is 20.3 Å². The second-order valence-electron chi connectivity index (χ2n) is 1.57. The largest absolute Gasteiger partial charge is 0.512 e. The minimum Gasteiger partial charge on any atom is -0.512 e. The number of aliphatic hydroxyl groups is 1. The van der Waals surface area contributed by atoms with E-state index >= 15 is 0 Å². The summed E-state index contributed by atoms with van der Waals surface area (Å²) >= 11 is 0. The molecule has 0 rings (SSSR count). The first kappa shape index (κ1) is 8.01. The first-order valence-corrected chi connectivity index (χ1v) is 2.72. The van der Waals surface area contributed by atoms with Crippen molar-refractivity contribution >= 4 is 5.97 Å². The van der Waals surface area contributed by atoms with Crippen LogP contribution in [-0.2, 0) is 9.53 Å². The molecule has 0 aromatic heterocycles. The molecule has 0 saturated carbocycles. The molecular weight excluding hydrogens is 120 g/mol. The fourth-order valence-corrected chi connectivity index (χ4v) is 0.278. The lowest BCUT2D eigenvalue weighted by Gasteiger charge is -1.98. The summed E-state index contributed by atoms with van der Waals surface area (Å²) in [5.41, 5.74) is 0. The maximum absolute atomic E-state index is 10.4. The van der Waals surface area contributed by atoms with Crippen molar-refractivity contribution in [2.75, 3.05) is 0 Å². The quantitative estimate of drug-likeness (QED) is 0.453. The van der Waals surface area contributed by atoms with Crippen LogP contribution in [0.4, 0.5) is 0 Å². The Morgan fingerprint density at radius 3 is 2.67 bits per heavy atom. The summed E-state index contributed by atoms with van der Waals surface area (Å²) in [4.78, 5) is 10.4. The van der Waals surface area contributed by atoms with Crippen molar-refractivity contribution in [1.29, 1.82) is 0 Å². The average molecular weight is 130 g/mol. The van der Waals surface area contributed by atoms with Crippen LogP contribution < -0.4 is 0 Å². The van der Waals surface area contributed by atoms with E-state index in [9.17, 15) is 4.79 Å². The number of ether oxygens (including phenoxy) is 1. The van der Waals surface area contributed by atoms with Gasteiger partial charge in [-0.3, -0.25) is 4.79 Å². The molecule has 0 unspecified atom stereocenters. The van der Waals surface area contributed by atoms with Crippen LogP contribution in [0.3, 0.4) is 0 Å². The third-order valence-electron chi connectivity index (χ3n) is 0.745. The van der Waals surface area contributed by atoms with Crippen molar-refractivity contribution in [3.05, 3.63) is 12.0 Å². The molecule has 0 atom stereocenters. The lowest BCUT2D eigenvalue weighted by Crippen LogP contribution is -1.99. The number of allylic oxidation sites excluding steroid dienone is 1. The van der Waals surface area contributed by atoms with E-state index in [1.165, 1.54) is 6.92 Å². The lowest BCUT2D eigenvalue weighted by atomic mass is 10.5. The van der Waals surface area contributed by atoms with Crippen LogP contribution in [-0.4, -0.2) is 11.1 Å². The standard InChI is InChI=1S/C6H10O3/c1-3-6(8)9-5(2)4-7/h4,7H,3H2,1-2H3/b5-4-. The molecule has 9 heavy (non-hydrogen) atoms. The predicted molar refractivity (Wildman–Crippen MR) is 32.8 cm³/mol. The summed E-state index contributed by atoms with van der Waals surface area (Å²) in [7, 11) is 0. The van der Waals surface area contributed by atoms with Gasteiger partial charge in [-0.2, -0.15) is 0 Å². The normalized spacial score (nSPS) is 11.1. The summed E-state index contributed by atoms with van der Waals surface area (Å²) in [6.45, 7) is 3.19. The molecule has 0 aliphatic heterocycles. The van der Waals surface area contributed by atoms with Crippen molar-refractivity contribution in [3.8, 4) is 0 Å². The van der Waals surface area contributed by atoms with Crippen LogP contribution in [0.25, 0.3) is 0 Å². The molecule has 0 spiro atoms. The van der Waals surface area contributed by atoms with Crippen molar-refractivity contribution in [2.24, 2.45) is 0 Å². The zero-order valence-electron chi connectivity index (χ0n) is 5.55. The van der Waals surface area contributed by atoms with Gasteiger partial charge in [0.15, 0.2) is 0 Å². The molecular formula is C6H10O3. The van der Waals surface area contributed by atoms with E-state index in [0.717, 1.165) is 6.26 Å². The zero-order chi connectivity index (χ0) is 7.28. The van der Waals surface area contributed by atoms with E-state index in [2.05, 4.69) is 4.74 Å². The summed E-state index contributed by atoms with van der Waals surface area (Å²) < 4.78 is 4.52. The summed E-state index contributed by atoms with van der Waals surface area (Å²) in [5, 5.41) is 8.24. The monoisotopic (exact) mass is 130 g/mol. The second-order valence-corrected chi connectivity index (χ2v) is 1.57. The molecule has 52 valence electrons. The van der Waals surface area contributed by atoms with Crippen molar-refractivity contribution in [1.82, 2.24) is 0 Å². The number of rotatable bonds is 2. The van der Waals surface area contributed by atoms with Gasteiger partial charge in [0, 0.05) is 6.42 Å². The van der Waals surface area contributed by atoms with Crippen molar-refractivity contribution in [3.63, 3.8) is 0 Å². The van der Waals surface area contributed by atoms with Crippen LogP contribution >= 0.6 is 0 Å². The molecule has 3 heteroatoms. The van der Waals surface area contributed by atoms with Gasteiger partial charge in [-0.25, -0.2) is 0 Å². The van der Waals surface area contributed by atoms with Gasteiger partial charge >= 0.3 is 5.97 Å². The van der Waals surface area contributed by atoms with E-state index in [1.54, 1.807) is 6.92 Å². The highest BCUT2D eigenvalue weighted by Crippen LogP contribution is 1.95. The number of hydrogen-bond donors (Lipinski definition) is 1. The van der Waals surface area contributed by atoms with Gasteiger partial charge in [0.05, 0.1) is 0 Å². The molecule has 0 aliphatic rings. The maximum Gasteiger partial charge on any atom is 0.310 e. The van der Waals surface area contributed by atoms with E-state index in [4.69, 9.17) is 5.11 Å². The average Bonchev–Trinajstić information content (AvgIpc) is 1.87. The third-order valence-corrected chi connectivity index (χ3v) is 0.745. The van der Waals surface area contributed by atoms with Crippen LogP contribution in [0.15, 0.2) is 12.0 Å². The second kappa shape index (κ2) is 3.95. The minimum atomic E-state index is -0.335. The van der Waals surface area contributed by atoms with Gasteiger partial charge in [-0.05, 0) is 6.92 Å². The number of esters is 1. The summed E-state index contributed by atoms with van der Waals surface area (Å²) in [5.74, 6) is -0.111. The molecule has 0 heterocycles. The smallest absolute Gasteiger partial charge is 0.310 e. The Hall–Kier alpha value is -0.990. The zero-order valence-corrected chi connectivity index (χ0v) is 5.55. The minimum absolute atomic E-state index is 0.224. The number of hydrogen-bond acceptors (Lipinski definition) is 3. The molecule has 0 bridgehead atoms. The maximum atomic E-state index is 10.4. The van der Waals surface area contributed by atoms with E-state index < -0.39 is 0 Å². The molecule has 0 aromatic rings. The highest BCUT2D eigenvalue weighted by Gasteiger charge is 1.97. The van der Waals surface area contributed by atoms with Gasteiger partial charge in [-0.15, -0.1) is 0 Å². The molecule has 0 aromatic carbocycles. The fourth-order valence-electron chi connectivity index (χ4n) is 0.278.